The highest BCUT2D eigenvalue weighted by atomic mass is 35.5. The molecule has 0 bridgehead atoms. The van der Waals surface area contributed by atoms with Crippen molar-refractivity contribution in [3.63, 3.8) is 0 Å². The summed E-state index contributed by atoms with van der Waals surface area (Å²) in [6.45, 7) is 8.94. The molecule has 2 aromatic heterocycles. The van der Waals surface area contributed by atoms with E-state index in [9.17, 15) is 4.79 Å². The van der Waals surface area contributed by atoms with Crippen LogP contribution in [0.1, 0.15) is 44.2 Å². The molecule has 164 valence electrons. The number of benzene rings is 1. The molecule has 0 saturated carbocycles. The average molecular weight is 442 g/mol. The molecule has 1 aliphatic rings. The minimum atomic E-state index is -0.175. The van der Waals surface area contributed by atoms with Gasteiger partial charge in [0.25, 0.3) is 0 Å². The van der Waals surface area contributed by atoms with Gasteiger partial charge < -0.3 is 14.3 Å². The van der Waals surface area contributed by atoms with Crippen LogP contribution in [0.25, 0.3) is 11.3 Å². The molecule has 3 aromatic rings. The number of aromatic nitrogens is 3. The topological polar surface area (TPSA) is 76.2 Å². The van der Waals surface area contributed by atoms with E-state index < -0.39 is 0 Å². The molecular weight excluding hydrogens is 414 g/mol. The van der Waals surface area contributed by atoms with Crippen LogP contribution in [-0.2, 0) is 24.3 Å². The van der Waals surface area contributed by atoms with E-state index in [1.807, 2.05) is 57.2 Å². The van der Waals surface area contributed by atoms with Gasteiger partial charge in [-0.1, -0.05) is 37.6 Å². The molecule has 1 aromatic carbocycles. The van der Waals surface area contributed by atoms with E-state index in [1.165, 1.54) is 0 Å². The van der Waals surface area contributed by atoms with Gasteiger partial charge in [0.05, 0.1) is 17.6 Å². The fraction of sp³-hybridized carbons (Fsp3) is 0.435. The number of halogens is 1. The zero-order chi connectivity index (χ0) is 22.0. The van der Waals surface area contributed by atoms with Crippen molar-refractivity contribution < 1.29 is 9.21 Å². The number of nitrogens with zero attached hydrogens (tertiary/aromatic N) is 4. The first-order chi connectivity index (χ1) is 14.9. The Hall–Kier alpha value is -2.64. The lowest BCUT2D eigenvalue weighted by atomic mass is 10.2. The SMILES string of the molecule is CC(C)C(=O)NC(C)c1nnc2n1CCN(Cc1ccc(-c3ccccc3Cl)o1)CC2. The average Bonchev–Trinajstić information content (AvgIpc) is 3.32. The molecule has 4 rings (SSSR count). The third-order valence-corrected chi connectivity index (χ3v) is 5.93. The van der Waals surface area contributed by atoms with Gasteiger partial charge in [0, 0.05) is 37.5 Å². The quantitative estimate of drug-likeness (QED) is 0.623. The van der Waals surface area contributed by atoms with E-state index in [-0.39, 0.29) is 17.9 Å². The highest BCUT2D eigenvalue weighted by Crippen LogP contribution is 2.29. The Morgan fingerprint density at radius 2 is 1.94 bits per heavy atom. The second kappa shape index (κ2) is 9.24. The number of furan rings is 1. The molecule has 0 fully saturated rings. The molecule has 0 radical (unpaired) electrons. The number of rotatable bonds is 6. The van der Waals surface area contributed by atoms with Gasteiger partial charge >= 0.3 is 0 Å². The zero-order valence-electron chi connectivity index (χ0n) is 18.1. The number of hydrogen-bond acceptors (Lipinski definition) is 5. The maximum Gasteiger partial charge on any atom is 0.223 e. The first-order valence-corrected chi connectivity index (χ1v) is 11.1. The predicted molar refractivity (Wildman–Crippen MR) is 120 cm³/mol. The standard InChI is InChI=1S/C23H28ClN5O2/c1-15(2)23(30)25-16(3)22-27-26-21-10-11-28(12-13-29(21)22)14-17-8-9-20(31-17)18-6-4-5-7-19(18)24/h4-9,15-16H,10-14H2,1-3H3,(H,25,30). The number of carbonyl (C=O) groups excluding carboxylic acids is 1. The Morgan fingerprint density at radius 3 is 2.71 bits per heavy atom. The molecule has 0 spiro atoms. The van der Waals surface area contributed by atoms with Crippen LogP contribution in [0.15, 0.2) is 40.8 Å². The van der Waals surface area contributed by atoms with Crippen molar-refractivity contribution in [1.82, 2.24) is 25.0 Å². The van der Waals surface area contributed by atoms with Crippen molar-refractivity contribution in [2.75, 3.05) is 13.1 Å². The lowest BCUT2D eigenvalue weighted by Gasteiger charge is -2.19. The largest absolute Gasteiger partial charge is 0.460 e. The fourth-order valence-corrected chi connectivity index (χ4v) is 4.03. The van der Waals surface area contributed by atoms with E-state index in [0.717, 1.165) is 61.3 Å². The lowest BCUT2D eigenvalue weighted by molar-refractivity contribution is -0.124. The van der Waals surface area contributed by atoms with Crippen molar-refractivity contribution in [2.24, 2.45) is 5.92 Å². The van der Waals surface area contributed by atoms with Crippen LogP contribution in [-0.4, -0.2) is 38.7 Å². The summed E-state index contributed by atoms with van der Waals surface area (Å²) in [4.78, 5) is 14.4. The number of carbonyl (C=O) groups is 1. The maximum atomic E-state index is 12.1. The molecule has 1 unspecified atom stereocenters. The van der Waals surface area contributed by atoms with Gasteiger partial charge in [-0.2, -0.15) is 0 Å². The third kappa shape index (κ3) is 4.83. The monoisotopic (exact) mass is 441 g/mol. The number of fused-ring (bicyclic) bond motifs is 1. The minimum Gasteiger partial charge on any atom is -0.460 e. The Morgan fingerprint density at radius 1 is 1.13 bits per heavy atom. The van der Waals surface area contributed by atoms with Gasteiger partial charge in [-0.15, -0.1) is 10.2 Å². The minimum absolute atomic E-state index is 0.0206. The summed E-state index contributed by atoms with van der Waals surface area (Å²) in [5.41, 5.74) is 0.902. The molecule has 7 nitrogen and oxygen atoms in total. The smallest absolute Gasteiger partial charge is 0.223 e. The molecule has 8 heteroatoms. The second-order valence-corrected chi connectivity index (χ2v) is 8.69. The van der Waals surface area contributed by atoms with Crippen molar-refractivity contribution in [3.8, 4) is 11.3 Å². The van der Waals surface area contributed by atoms with Crippen LogP contribution >= 0.6 is 11.6 Å². The maximum absolute atomic E-state index is 12.1. The van der Waals surface area contributed by atoms with Crippen molar-refractivity contribution >= 4 is 17.5 Å². The number of nitrogens with one attached hydrogen (secondary N) is 1. The summed E-state index contributed by atoms with van der Waals surface area (Å²) in [5.74, 6) is 3.42. The van der Waals surface area contributed by atoms with Crippen LogP contribution in [0, 0.1) is 5.92 Å². The summed E-state index contributed by atoms with van der Waals surface area (Å²) in [6, 6.07) is 11.5. The van der Waals surface area contributed by atoms with E-state index in [1.54, 1.807) is 0 Å². The van der Waals surface area contributed by atoms with Crippen molar-refractivity contribution in [1.29, 1.82) is 0 Å². The number of amides is 1. The normalized spacial score (nSPS) is 15.5. The molecule has 1 aliphatic heterocycles. The van der Waals surface area contributed by atoms with E-state index in [0.29, 0.717) is 5.02 Å². The third-order valence-electron chi connectivity index (χ3n) is 5.60. The molecule has 0 saturated heterocycles. The first kappa shape index (κ1) is 21.6. The predicted octanol–water partition coefficient (Wildman–Crippen LogP) is 4.08. The molecule has 3 heterocycles. The zero-order valence-corrected chi connectivity index (χ0v) is 18.9. The molecule has 0 aliphatic carbocycles. The van der Waals surface area contributed by atoms with Crippen LogP contribution in [0.3, 0.4) is 0 Å². The van der Waals surface area contributed by atoms with Gasteiger partial charge in [0.1, 0.15) is 17.3 Å². The number of hydrogen-bond donors (Lipinski definition) is 1. The van der Waals surface area contributed by atoms with Gasteiger partial charge in [0.15, 0.2) is 5.82 Å². The summed E-state index contributed by atoms with van der Waals surface area (Å²) < 4.78 is 8.21. The first-order valence-electron chi connectivity index (χ1n) is 10.7. The van der Waals surface area contributed by atoms with Crippen molar-refractivity contribution in [2.45, 2.75) is 46.3 Å². The summed E-state index contributed by atoms with van der Waals surface area (Å²) in [6.07, 6.45) is 0.802. The van der Waals surface area contributed by atoms with E-state index in [2.05, 4.69) is 25.0 Å². The summed E-state index contributed by atoms with van der Waals surface area (Å²) in [5, 5.41) is 12.4. The highest BCUT2D eigenvalue weighted by molar-refractivity contribution is 6.33. The van der Waals surface area contributed by atoms with Gasteiger partial charge in [-0.25, -0.2) is 0 Å². The Balaban J connectivity index is 1.41. The Bertz CT molecular complexity index is 1060. The van der Waals surface area contributed by atoms with Crippen LogP contribution in [0.5, 0.6) is 0 Å². The molecule has 1 N–H and O–H groups in total. The van der Waals surface area contributed by atoms with Gasteiger partial charge in [-0.05, 0) is 31.2 Å². The van der Waals surface area contributed by atoms with Crippen LogP contribution < -0.4 is 5.32 Å². The molecule has 1 atom stereocenters. The van der Waals surface area contributed by atoms with Crippen molar-refractivity contribution in [3.05, 3.63) is 58.8 Å². The second-order valence-electron chi connectivity index (χ2n) is 8.28. The van der Waals surface area contributed by atoms with Gasteiger partial charge in [0.2, 0.25) is 5.91 Å². The van der Waals surface area contributed by atoms with E-state index in [4.69, 9.17) is 16.0 Å². The molecule has 1 amide bonds. The Labute approximate surface area is 187 Å². The molecular formula is C23H28ClN5O2. The molecule has 31 heavy (non-hydrogen) atoms. The lowest BCUT2D eigenvalue weighted by Crippen LogP contribution is -2.32. The fourth-order valence-electron chi connectivity index (χ4n) is 3.80. The summed E-state index contributed by atoms with van der Waals surface area (Å²) in [7, 11) is 0. The Kier molecular flexibility index (Phi) is 6.43. The van der Waals surface area contributed by atoms with Gasteiger partial charge in [-0.3, -0.25) is 9.69 Å². The van der Waals surface area contributed by atoms with Crippen LogP contribution in [0.2, 0.25) is 5.02 Å². The van der Waals surface area contributed by atoms with E-state index >= 15 is 0 Å². The van der Waals surface area contributed by atoms with Crippen LogP contribution in [0.4, 0.5) is 0 Å². The highest BCUT2D eigenvalue weighted by Gasteiger charge is 2.23. The summed E-state index contributed by atoms with van der Waals surface area (Å²) >= 11 is 6.30.